The number of hydrogen-bond acceptors (Lipinski definition) is 5. The molecule has 30 heavy (non-hydrogen) atoms. The fraction of sp³-hybridized carbons (Fsp3) is 0.136. The Balaban J connectivity index is 1.68. The van der Waals surface area contributed by atoms with Crippen LogP contribution in [-0.2, 0) is 17.8 Å². The molecule has 2 heterocycles. The summed E-state index contributed by atoms with van der Waals surface area (Å²) < 4.78 is 18.5. The van der Waals surface area contributed by atoms with Gasteiger partial charge in [0.1, 0.15) is 11.6 Å². The van der Waals surface area contributed by atoms with Crippen LogP contribution in [0, 0.1) is 5.82 Å². The van der Waals surface area contributed by atoms with Gasteiger partial charge in [-0.1, -0.05) is 47.6 Å². The molecule has 8 heteroatoms. The smallest absolute Gasteiger partial charge is 0.297 e. The van der Waals surface area contributed by atoms with Gasteiger partial charge in [0.05, 0.1) is 6.54 Å². The number of aromatic nitrogens is 1. The van der Waals surface area contributed by atoms with Crippen molar-refractivity contribution in [3.05, 3.63) is 88.6 Å². The van der Waals surface area contributed by atoms with Crippen LogP contribution in [0.2, 0.25) is 0 Å². The Morgan fingerprint density at radius 2 is 1.87 bits per heavy atom. The molecule has 4 rings (SSSR count). The molecule has 0 atom stereocenters. The molecule has 2 N–H and O–H groups in total. The molecule has 0 spiro atoms. The fourth-order valence-electron chi connectivity index (χ4n) is 3.40. The predicted octanol–water partition coefficient (Wildman–Crippen LogP) is 3.06. The lowest BCUT2D eigenvalue weighted by Crippen LogP contribution is -2.37. The third-order valence-electron chi connectivity index (χ3n) is 4.93. The summed E-state index contributed by atoms with van der Waals surface area (Å²) in [5.41, 5.74) is 3.81. The van der Waals surface area contributed by atoms with E-state index in [0.29, 0.717) is 35.4 Å². The summed E-state index contributed by atoms with van der Waals surface area (Å²) >= 11 is 0. The monoisotopic (exact) mass is 407 g/mol. The molecular weight excluding hydrogens is 389 g/mol. The van der Waals surface area contributed by atoms with Crippen LogP contribution in [0.3, 0.4) is 0 Å². The van der Waals surface area contributed by atoms with Gasteiger partial charge in [-0.05, 0) is 29.3 Å². The average molecular weight is 407 g/mol. The summed E-state index contributed by atoms with van der Waals surface area (Å²) in [4.78, 5) is 26.8. The summed E-state index contributed by atoms with van der Waals surface area (Å²) in [5, 5.41) is 12.6. The molecule has 152 valence electrons. The Morgan fingerprint density at radius 3 is 2.57 bits per heavy atom. The minimum absolute atomic E-state index is 0.0474. The maximum atomic E-state index is 13.4. The number of nitrogens with zero attached hydrogens (tertiary/aromatic N) is 2. The highest BCUT2D eigenvalue weighted by molar-refractivity contribution is 6.24. The van der Waals surface area contributed by atoms with Gasteiger partial charge >= 0.3 is 0 Å². The Morgan fingerprint density at radius 1 is 1.13 bits per heavy atom. The Kier molecular flexibility index (Phi) is 5.40. The molecule has 0 radical (unpaired) electrons. The summed E-state index contributed by atoms with van der Waals surface area (Å²) in [6.07, 6.45) is 2.10. The van der Waals surface area contributed by atoms with Gasteiger partial charge in [-0.15, -0.1) is 0 Å². The first-order valence-corrected chi connectivity index (χ1v) is 9.30. The normalized spacial score (nSPS) is 13.7. The lowest BCUT2D eigenvalue weighted by Gasteiger charge is -2.27. The van der Waals surface area contributed by atoms with Crippen LogP contribution >= 0.6 is 0 Å². The van der Waals surface area contributed by atoms with Crippen LogP contribution < -0.4 is 5.48 Å². The number of carbonyl (C=O) groups excluding carboxylic acids is 2. The number of hydrogen-bond donors (Lipinski definition) is 2. The highest BCUT2D eigenvalue weighted by Gasteiger charge is 2.31. The average Bonchev–Trinajstić information content (AvgIpc) is 3.21. The van der Waals surface area contributed by atoms with Gasteiger partial charge in [-0.2, -0.15) is 0 Å². The first kappa shape index (κ1) is 19.5. The second kappa shape index (κ2) is 8.30. The SMILES string of the molecule is O=C(NO)c1noc2c1CN(C(=O)C(=Cc1ccc(F)cc1)c1ccccc1)CC2. The van der Waals surface area contributed by atoms with Crippen LogP contribution in [-0.4, -0.2) is 33.6 Å². The zero-order chi connectivity index (χ0) is 21.1. The van der Waals surface area contributed by atoms with Gasteiger partial charge in [0.2, 0.25) is 0 Å². The molecule has 2 amide bonds. The highest BCUT2D eigenvalue weighted by Crippen LogP contribution is 2.27. The van der Waals surface area contributed by atoms with Crippen molar-refractivity contribution in [3.8, 4) is 0 Å². The van der Waals surface area contributed by atoms with E-state index in [1.54, 1.807) is 28.6 Å². The van der Waals surface area contributed by atoms with Crippen molar-refractivity contribution >= 4 is 23.5 Å². The van der Waals surface area contributed by atoms with Crippen LogP contribution in [0.15, 0.2) is 59.1 Å². The molecule has 0 aliphatic carbocycles. The van der Waals surface area contributed by atoms with Gasteiger partial charge in [0, 0.05) is 24.1 Å². The van der Waals surface area contributed by atoms with E-state index >= 15 is 0 Å². The molecule has 0 saturated heterocycles. The van der Waals surface area contributed by atoms with E-state index in [2.05, 4.69) is 5.16 Å². The third-order valence-corrected chi connectivity index (χ3v) is 4.93. The summed E-state index contributed by atoms with van der Waals surface area (Å²) in [6, 6.07) is 15.0. The summed E-state index contributed by atoms with van der Waals surface area (Å²) in [5.74, 6) is -0.876. The van der Waals surface area contributed by atoms with E-state index in [0.717, 1.165) is 5.56 Å². The second-order valence-corrected chi connectivity index (χ2v) is 6.83. The van der Waals surface area contributed by atoms with E-state index in [-0.39, 0.29) is 24.0 Å². The van der Waals surface area contributed by atoms with Gasteiger partial charge in [-0.25, -0.2) is 9.87 Å². The molecule has 1 aliphatic rings. The number of fused-ring (bicyclic) bond motifs is 1. The zero-order valence-corrected chi connectivity index (χ0v) is 15.8. The number of amides is 2. The highest BCUT2D eigenvalue weighted by atomic mass is 19.1. The lowest BCUT2D eigenvalue weighted by molar-refractivity contribution is -0.125. The van der Waals surface area contributed by atoms with Crippen molar-refractivity contribution in [3.63, 3.8) is 0 Å². The molecule has 7 nitrogen and oxygen atoms in total. The quantitative estimate of drug-likeness (QED) is 0.300. The standard InChI is InChI=1S/C22H18FN3O4/c23-16-8-6-14(7-9-16)12-17(15-4-2-1-3-5-15)22(28)26-11-10-19-18(13-26)20(25-30-19)21(27)24-29/h1-9,12,29H,10-11,13H2,(H,24,27). The number of rotatable bonds is 4. The third kappa shape index (κ3) is 3.85. The van der Waals surface area contributed by atoms with Gasteiger partial charge in [-0.3, -0.25) is 14.8 Å². The first-order valence-electron chi connectivity index (χ1n) is 9.30. The number of nitrogens with one attached hydrogen (secondary N) is 1. The van der Waals surface area contributed by atoms with E-state index in [1.807, 2.05) is 30.3 Å². The van der Waals surface area contributed by atoms with Crippen molar-refractivity contribution < 1.29 is 23.7 Å². The zero-order valence-electron chi connectivity index (χ0n) is 15.8. The molecule has 1 aliphatic heterocycles. The molecular formula is C22H18FN3O4. The number of hydroxylamine groups is 1. The van der Waals surface area contributed by atoms with Crippen LogP contribution in [0.5, 0.6) is 0 Å². The number of halogens is 1. The van der Waals surface area contributed by atoms with Crippen molar-refractivity contribution in [1.29, 1.82) is 0 Å². The predicted molar refractivity (Wildman–Crippen MR) is 106 cm³/mol. The maximum Gasteiger partial charge on any atom is 0.297 e. The van der Waals surface area contributed by atoms with Gasteiger partial charge < -0.3 is 9.42 Å². The molecule has 0 fully saturated rings. The molecule has 3 aromatic rings. The molecule has 0 bridgehead atoms. The molecule has 1 aromatic heterocycles. The minimum Gasteiger partial charge on any atom is -0.360 e. The second-order valence-electron chi connectivity index (χ2n) is 6.83. The van der Waals surface area contributed by atoms with Crippen LogP contribution in [0.4, 0.5) is 4.39 Å². The number of benzene rings is 2. The van der Waals surface area contributed by atoms with Crippen molar-refractivity contribution in [1.82, 2.24) is 15.5 Å². The summed E-state index contributed by atoms with van der Waals surface area (Å²) in [7, 11) is 0. The molecule has 0 unspecified atom stereocenters. The first-order chi connectivity index (χ1) is 14.6. The Bertz CT molecular complexity index is 1110. The Labute approximate surface area is 171 Å². The largest absolute Gasteiger partial charge is 0.360 e. The fourth-order valence-corrected chi connectivity index (χ4v) is 3.40. The van der Waals surface area contributed by atoms with E-state index in [1.165, 1.54) is 12.1 Å². The Hall–Kier alpha value is -3.78. The van der Waals surface area contributed by atoms with E-state index in [9.17, 15) is 14.0 Å². The van der Waals surface area contributed by atoms with Gasteiger partial charge in [0.25, 0.3) is 11.8 Å². The maximum absolute atomic E-state index is 13.4. The molecule has 2 aromatic carbocycles. The summed E-state index contributed by atoms with van der Waals surface area (Å²) in [6.45, 7) is 0.503. The van der Waals surface area contributed by atoms with E-state index in [4.69, 9.17) is 9.73 Å². The minimum atomic E-state index is -0.792. The number of carbonyl (C=O) groups is 2. The van der Waals surface area contributed by atoms with Crippen molar-refractivity contribution in [2.45, 2.75) is 13.0 Å². The lowest BCUT2D eigenvalue weighted by atomic mass is 9.99. The van der Waals surface area contributed by atoms with Crippen molar-refractivity contribution in [2.24, 2.45) is 0 Å². The van der Waals surface area contributed by atoms with E-state index < -0.39 is 5.91 Å². The van der Waals surface area contributed by atoms with Crippen LogP contribution in [0.25, 0.3) is 11.6 Å². The topological polar surface area (TPSA) is 95.7 Å². The molecule has 0 saturated carbocycles. The van der Waals surface area contributed by atoms with Crippen molar-refractivity contribution in [2.75, 3.05) is 6.54 Å². The van der Waals surface area contributed by atoms with Crippen LogP contribution in [0.1, 0.15) is 32.9 Å². The van der Waals surface area contributed by atoms with Gasteiger partial charge in [0.15, 0.2) is 5.69 Å².